The molecule has 112 valence electrons. The average Bonchev–Trinajstić information content (AvgIpc) is 2.95. The normalized spacial score (nSPS) is 17.4. The molecule has 0 radical (unpaired) electrons. The number of nitrogens with two attached hydrogens (primary N) is 1. The van der Waals surface area contributed by atoms with Crippen molar-refractivity contribution >= 4 is 17.3 Å². The standard InChI is InChI=1S/C16H18N6/c1-10-7-15(22-16(20-10)18-9-19-22)21-14-4-2-3-11-8-12(17)5-6-13(11)14/h5-9,14,21H,2-4,17H2,1H3. The van der Waals surface area contributed by atoms with Crippen LogP contribution in [0.4, 0.5) is 11.5 Å². The van der Waals surface area contributed by atoms with Crippen LogP contribution in [0.3, 0.4) is 0 Å². The molecule has 1 atom stereocenters. The van der Waals surface area contributed by atoms with E-state index in [1.807, 2.05) is 19.1 Å². The second kappa shape index (κ2) is 4.98. The minimum Gasteiger partial charge on any atom is -0.399 e. The Morgan fingerprint density at radius 3 is 3.14 bits per heavy atom. The van der Waals surface area contributed by atoms with E-state index in [0.29, 0.717) is 5.78 Å². The van der Waals surface area contributed by atoms with Gasteiger partial charge in [-0.05, 0) is 49.4 Å². The molecule has 3 aromatic rings. The van der Waals surface area contributed by atoms with Gasteiger partial charge in [-0.3, -0.25) is 0 Å². The Hall–Kier alpha value is -2.63. The lowest BCUT2D eigenvalue weighted by atomic mass is 9.87. The van der Waals surface area contributed by atoms with Crippen molar-refractivity contribution < 1.29 is 0 Å². The largest absolute Gasteiger partial charge is 0.399 e. The summed E-state index contributed by atoms with van der Waals surface area (Å²) in [6.45, 7) is 1.97. The zero-order chi connectivity index (χ0) is 15.1. The Morgan fingerprint density at radius 2 is 2.23 bits per heavy atom. The van der Waals surface area contributed by atoms with Crippen molar-refractivity contribution in [2.75, 3.05) is 11.1 Å². The monoisotopic (exact) mass is 294 g/mol. The molecular formula is C16H18N6. The first-order chi connectivity index (χ1) is 10.7. The van der Waals surface area contributed by atoms with Crippen LogP contribution in [0.5, 0.6) is 0 Å². The first kappa shape index (κ1) is 13.1. The third-order valence-electron chi connectivity index (χ3n) is 4.18. The van der Waals surface area contributed by atoms with E-state index in [1.54, 1.807) is 4.52 Å². The van der Waals surface area contributed by atoms with Crippen LogP contribution in [0, 0.1) is 6.92 Å². The number of anilines is 2. The fraction of sp³-hybridized carbons (Fsp3) is 0.312. The maximum atomic E-state index is 5.91. The smallest absolute Gasteiger partial charge is 0.254 e. The summed E-state index contributed by atoms with van der Waals surface area (Å²) in [5, 5.41) is 7.86. The van der Waals surface area contributed by atoms with Crippen molar-refractivity contribution in [3.05, 3.63) is 47.4 Å². The van der Waals surface area contributed by atoms with E-state index in [2.05, 4.69) is 32.5 Å². The predicted octanol–water partition coefficient (Wildman–Crippen LogP) is 2.50. The number of aromatic nitrogens is 4. The minimum atomic E-state index is 0.263. The van der Waals surface area contributed by atoms with Crippen LogP contribution in [0.1, 0.15) is 35.7 Å². The first-order valence-electron chi connectivity index (χ1n) is 7.53. The molecule has 0 aliphatic heterocycles. The topological polar surface area (TPSA) is 81.1 Å². The predicted molar refractivity (Wildman–Crippen MR) is 85.7 cm³/mol. The molecule has 0 spiro atoms. The van der Waals surface area contributed by atoms with Gasteiger partial charge >= 0.3 is 0 Å². The molecule has 22 heavy (non-hydrogen) atoms. The molecule has 0 amide bonds. The van der Waals surface area contributed by atoms with Crippen LogP contribution in [-0.2, 0) is 6.42 Å². The lowest BCUT2D eigenvalue weighted by Crippen LogP contribution is -2.19. The van der Waals surface area contributed by atoms with Gasteiger partial charge in [0, 0.05) is 17.4 Å². The van der Waals surface area contributed by atoms with Gasteiger partial charge in [0.2, 0.25) is 0 Å². The van der Waals surface area contributed by atoms with Crippen LogP contribution < -0.4 is 11.1 Å². The van der Waals surface area contributed by atoms with E-state index in [0.717, 1.165) is 36.5 Å². The average molecular weight is 294 g/mol. The Labute approximate surface area is 128 Å². The highest BCUT2D eigenvalue weighted by Crippen LogP contribution is 2.33. The van der Waals surface area contributed by atoms with Crippen LogP contribution in [0.15, 0.2) is 30.6 Å². The highest BCUT2D eigenvalue weighted by atomic mass is 15.4. The van der Waals surface area contributed by atoms with Gasteiger partial charge in [0.1, 0.15) is 12.1 Å². The summed E-state index contributed by atoms with van der Waals surface area (Å²) in [6, 6.07) is 8.47. The quantitative estimate of drug-likeness (QED) is 0.710. The fourth-order valence-electron chi connectivity index (χ4n) is 3.20. The summed E-state index contributed by atoms with van der Waals surface area (Å²) < 4.78 is 1.75. The zero-order valence-electron chi connectivity index (χ0n) is 12.5. The van der Waals surface area contributed by atoms with Gasteiger partial charge in [0.05, 0.1) is 6.04 Å². The summed E-state index contributed by atoms with van der Waals surface area (Å²) in [5.41, 5.74) is 10.3. The molecule has 6 heteroatoms. The minimum absolute atomic E-state index is 0.263. The van der Waals surface area contributed by atoms with Crippen LogP contribution in [-0.4, -0.2) is 19.6 Å². The maximum absolute atomic E-state index is 5.91. The van der Waals surface area contributed by atoms with Gasteiger partial charge in [0.25, 0.3) is 5.78 Å². The van der Waals surface area contributed by atoms with E-state index >= 15 is 0 Å². The molecule has 3 N–H and O–H groups in total. The Bertz CT molecular complexity index is 838. The number of hydrogen-bond donors (Lipinski definition) is 2. The molecular weight excluding hydrogens is 276 g/mol. The zero-order valence-corrected chi connectivity index (χ0v) is 12.5. The van der Waals surface area contributed by atoms with E-state index < -0.39 is 0 Å². The van der Waals surface area contributed by atoms with Gasteiger partial charge in [-0.1, -0.05) is 6.07 Å². The summed E-state index contributed by atoms with van der Waals surface area (Å²) in [4.78, 5) is 8.55. The first-order valence-corrected chi connectivity index (χ1v) is 7.53. The Morgan fingerprint density at radius 1 is 1.32 bits per heavy atom. The van der Waals surface area contributed by atoms with E-state index in [4.69, 9.17) is 5.73 Å². The molecule has 4 rings (SSSR count). The summed E-state index contributed by atoms with van der Waals surface area (Å²) in [5.74, 6) is 1.55. The van der Waals surface area contributed by atoms with Gasteiger partial charge < -0.3 is 11.1 Å². The number of rotatable bonds is 2. The summed E-state index contributed by atoms with van der Waals surface area (Å²) in [7, 11) is 0. The van der Waals surface area contributed by atoms with Crippen LogP contribution >= 0.6 is 0 Å². The second-order valence-corrected chi connectivity index (χ2v) is 5.80. The van der Waals surface area contributed by atoms with Crippen LogP contribution in [0.2, 0.25) is 0 Å². The maximum Gasteiger partial charge on any atom is 0.254 e. The molecule has 6 nitrogen and oxygen atoms in total. The van der Waals surface area contributed by atoms with Gasteiger partial charge in [-0.15, -0.1) is 0 Å². The third-order valence-corrected chi connectivity index (χ3v) is 4.18. The fourth-order valence-corrected chi connectivity index (χ4v) is 3.20. The Balaban J connectivity index is 1.73. The molecule has 0 saturated heterocycles. The molecule has 0 bridgehead atoms. The van der Waals surface area contributed by atoms with Gasteiger partial charge in [-0.2, -0.15) is 14.6 Å². The molecule has 1 aromatic carbocycles. The molecule has 1 aliphatic carbocycles. The van der Waals surface area contributed by atoms with Crippen LogP contribution in [0.25, 0.3) is 5.78 Å². The van der Waals surface area contributed by atoms with Crippen molar-refractivity contribution in [3.63, 3.8) is 0 Å². The van der Waals surface area contributed by atoms with Crippen molar-refractivity contribution in [1.82, 2.24) is 19.6 Å². The van der Waals surface area contributed by atoms with Crippen molar-refractivity contribution in [1.29, 1.82) is 0 Å². The third kappa shape index (κ3) is 2.16. The number of nitrogens with zero attached hydrogens (tertiary/aromatic N) is 4. The van der Waals surface area contributed by atoms with Gasteiger partial charge in [-0.25, -0.2) is 4.98 Å². The number of nitrogens with one attached hydrogen (secondary N) is 1. The molecule has 0 saturated carbocycles. The highest BCUT2D eigenvalue weighted by molar-refractivity contribution is 5.51. The van der Waals surface area contributed by atoms with Crippen molar-refractivity contribution in [2.24, 2.45) is 0 Å². The molecule has 1 aliphatic rings. The molecule has 2 aromatic heterocycles. The highest BCUT2D eigenvalue weighted by Gasteiger charge is 2.21. The number of aryl methyl sites for hydroxylation is 2. The van der Waals surface area contributed by atoms with E-state index in [1.165, 1.54) is 17.5 Å². The van der Waals surface area contributed by atoms with E-state index in [9.17, 15) is 0 Å². The summed E-state index contributed by atoms with van der Waals surface area (Å²) >= 11 is 0. The number of nitrogen functional groups attached to an aromatic ring is 1. The summed E-state index contributed by atoms with van der Waals surface area (Å²) in [6.07, 6.45) is 4.86. The lowest BCUT2D eigenvalue weighted by Gasteiger charge is -2.27. The number of hydrogen-bond acceptors (Lipinski definition) is 5. The second-order valence-electron chi connectivity index (χ2n) is 5.80. The number of benzene rings is 1. The number of fused-ring (bicyclic) bond motifs is 2. The van der Waals surface area contributed by atoms with Gasteiger partial charge in [0.15, 0.2) is 0 Å². The molecule has 0 fully saturated rings. The van der Waals surface area contributed by atoms with E-state index in [-0.39, 0.29) is 6.04 Å². The SMILES string of the molecule is Cc1cc(NC2CCCc3cc(N)ccc32)n2ncnc2n1. The Kier molecular flexibility index (Phi) is 2.96. The molecule has 2 heterocycles. The molecule has 1 unspecified atom stereocenters. The van der Waals surface area contributed by atoms with Crippen molar-refractivity contribution in [2.45, 2.75) is 32.2 Å². The van der Waals surface area contributed by atoms with Crippen molar-refractivity contribution in [3.8, 4) is 0 Å². The lowest BCUT2D eigenvalue weighted by molar-refractivity contribution is 0.596.